The number of pyridine rings is 8. The van der Waals surface area contributed by atoms with Crippen LogP contribution in [0.3, 0.4) is 0 Å². The van der Waals surface area contributed by atoms with Crippen LogP contribution in [0.1, 0.15) is 162 Å². The van der Waals surface area contributed by atoms with E-state index in [2.05, 4.69) is 183 Å². The fraction of sp³-hybridized carbons (Fsp3) is 0.218. The molecule has 0 aliphatic carbocycles. The van der Waals surface area contributed by atoms with Gasteiger partial charge in [0.2, 0.25) is 0 Å². The average molecular weight is 2250 g/mol. The van der Waals surface area contributed by atoms with Crippen molar-refractivity contribution in [3.8, 4) is 148 Å². The van der Waals surface area contributed by atoms with Gasteiger partial charge in [0.1, 0.15) is 45.9 Å². The first-order chi connectivity index (χ1) is 70.7. The minimum atomic E-state index is -4.56. The summed E-state index contributed by atoms with van der Waals surface area (Å²) in [6.07, 6.45) is 20.1. The number of halogens is 6. The number of ether oxygens (including phenoxy) is 6. The van der Waals surface area contributed by atoms with E-state index in [4.69, 9.17) is 39.2 Å². The van der Waals surface area contributed by atoms with Crippen LogP contribution >= 0.6 is 58.4 Å². The van der Waals surface area contributed by atoms with E-state index in [1.165, 1.54) is 124 Å². The molecule has 0 aliphatic rings. The molecule has 4 aromatic carbocycles. The number of benzene rings is 4. The summed E-state index contributed by atoms with van der Waals surface area (Å²) in [6, 6.07) is 61.6. The van der Waals surface area contributed by atoms with Gasteiger partial charge in [0.05, 0.1) is 74.9 Å². The molecule has 0 atom stereocenters. The van der Waals surface area contributed by atoms with Crippen LogP contribution in [0.25, 0.3) is 131 Å². The third kappa shape index (κ3) is 34.5. The Balaban J connectivity index is 0.000000198. The number of unbranched alkanes of at least 4 members (excludes halogenated alkanes) is 13. The molecule has 0 amide bonds. The molecule has 0 bridgehead atoms. The van der Waals surface area contributed by atoms with Crippen LogP contribution in [0.5, 0.6) is 34.5 Å². The van der Waals surface area contributed by atoms with Crippen LogP contribution < -0.4 is 38.6 Å². The van der Waals surface area contributed by atoms with Gasteiger partial charge in [-0.25, -0.2) is 9.97 Å². The van der Waals surface area contributed by atoms with E-state index in [0.717, 1.165) is 99.2 Å². The number of isothiocyanates is 2. The molecule has 0 unspecified atom stereocenters. The fourth-order valence-electron chi connectivity index (χ4n) is 14.8. The summed E-state index contributed by atoms with van der Waals surface area (Å²) in [6.45, 7) is 9.11. The van der Waals surface area contributed by atoms with Crippen LogP contribution in [0.15, 0.2) is 249 Å². The van der Waals surface area contributed by atoms with Gasteiger partial charge < -0.3 is 59.6 Å². The Morgan fingerprint density at radius 1 is 0.381 bits per heavy atom. The van der Waals surface area contributed by atoms with E-state index in [0.29, 0.717) is 119 Å². The molecule has 0 radical (unpaired) electrons. The largest absolute Gasteiger partial charge is 2.00 e. The Bertz CT molecular complexity index is 7350. The first-order valence-electron chi connectivity index (χ1n) is 46.0. The van der Waals surface area contributed by atoms with Crippen molar-refractivity contribution in [3.05, 3.63) is 298 Å². The number of aryl methyl sites for hydroxylation is 1. The maximum atomic E-state index is 13.1. The van der Waals surface area contributed by atoms with Crippen molar-refractivity contribution in [2.75, 3.05) is 13.2 Å². The summed E-state index contributed by atoms with van der Waals surface area (Å²) in [5, 5.41) is 36.4. The Morgan fingerprint density at radius 2 is 0.789 bits per heavy atom. The molecule has 17 rings (SSSR count). The maximum absolute atomic E-state index is 13.1. The molecule has 0 aliphatic heterocycles. The summed E-state index contributed by atoms with van der Waals surface area (Å²) in [4.78, 5) is 80.8. The number of alkyl halides is 6. The Morgan fingerprint density at radius 3 is 1.28 bits per heavy atom. The first-order valence-corrected chi connectivity index (χ1v) is 49.3. The molecule has 17 aromatic rings. The Kier molecular flexibility index (Phi) is 46.5. The molecule has 147 heavy (non-hydrogen) atoms. The Labute approximate surface area is 892 Å². The topological polar surface area (TPSA) is 325 Å². The van der Waals surface area contributed by atoms with Crippen LogP contribution in [0, 0.1) is 23.7 Å². The fourth-order valence-corrected chi connectivity index (χ4v) is 17.8. The number of nitrogens with zero attached hydrogens (tertiary/aromatic N) is 14. The van der Waals surface area contributed by atoms with Gasteiger partial charge in [0.25, 0.3) is 25.9 Å². The number of carbonyl (C=O) groups excluding carboxylic acids is 4. The van der Waals surface area contributed by atoms with Crippen molar-refractivity contribution in [2.24, 2.45) is 0 Å². The zero-order valence-electron chi connectivity index (χ0n) is 79.3. The van der Waals surface area contributed by atoms with Crippen molar-refractivity contribution in [1.29, 1.82) is 0 Å². The number of carbonyl (C=O) groups is 4. The molecular formula is C110H92F6N14O10Ru2S5. The SMILES string of the molecule is CCCCCCCCOc1cccc(OCCCCCCCC)c1-c1ccnc(-c2cc(C(F)(F)F)n[n-]2)c1.CCCCCCc1ccsc1-c1ccnc(-c2cc(C(F)(F)F)n[n-]2)c1.O=COc1ccnc(-c2cc(OC=O)cc(-c3cc(C#Cc4cc5ccccc5s4)ccn3)n2)c1.O=COc1ccnc(-c2cc(OC=O)cc(-c3cc(C#Cc4ccc5sc6ccccc6c5c4)ccn3)n2)c1.[N-]=C=S.[N-]=C=S.[Ru+2].[Ru+2]. The van der Waals surface area contributed by atoms with Crippen LogP contribution in [-0.4, -0.2) is 99.5 Å². The summed E-state index contributed by atoms with van der Waals surface area (Å²) < 4.78 is 114. The number of hydrogen-bond acceptors (Lipinski definition) is 25. The third-order valence-electron chi connectivity index (χ3n) is 21.6. The smallest absolute Gasteiger partial charge is 0.753 e. The molecule has 13 heterocycles. The predicted octanol–water partition coefficient (Wildman–Crippen LogP) is 27.5. The van der Waals surface area contributed by atoms with Gasteiger partial charge in [-0.1, -0.05) is 206 Å². The van der Waals surface area contributed by atoms with Crippen molar-refractivity contribution < 1.29 is 113 Å². The van der Waals surface area contributed by atoms with Crippen molar-refractivity contribution in [3.63, 3.8) is 0 Å². The summed E-state index contributed by atoms with van der Waals surface area (Å²) >= 11 is 12.4. The number of hydrogen-bond donors (Lipinski definition) is 0. The average Bonchev–Trinajstić information content (AvgIpc) is 1.64. The maximum Gasteiger partial charge on any atom is 2.00 e. The number of thiocarbonyl (C=S) groups is 2. The number of thiophene rings is 3. The quantitative estimate of drug-likeness (QED) is 0.00664. The minimum Gasteiger partial charge on any atom is -0.753 e. The second-order valence-corrected chi connectivity index (χ2v) is 35.2. The number of aromatic nitrogens is 12. The van der Waals surface area contributed by atoms with Gasteiger partial charge in [-0.15, -0.1) is 34.0 Å². The van der Waals surface area contributed by atoms with Crippen molar-refractivity contribution in [1.82, 2.24) is 60.3 Å². The van der Waals surface area contributed by atoms with Crippen LogP contribution in [0.2, 0.25) is 0 Å². The molecule has 13 aromatic heterocycles. The summed E-state index contributed by atoms with van der Waals surface area (Å²) in [7, 11) is 0. The molecule has 750 valence electrons. The third-order valence-corrected chi connectivity index (χ3v) is 24.8. The summed E-state index contributed by atoms with van der Waals surface area (Å²) in [5.41, 5.74) is 8.76. The van der Waals surface area contributed by atoms with E-state index >= 15 is 0 Å². The second-order valence-electron chi connectivity index (χ2n) is 31.8. The van der Waals surface area contributed by atoms with Gasteiger partial charge >= 0.3 is 51.3 Å². The van der Waals surface area contributed by atoms with Gasteiger partial charge in [-0.05, 0) is 181 Å². The second kappa shape index (κ2) is 59.7. The molecule has 0 saturated carbocycles. The predicted molar refractivity (Wildman–Crippen MR) is 559 cm³/mol. The van der Waals surface area contributed by atoms with Crippen LogP contribution in [0.4, 0.5) is 26.3 Å². The molecule has 0 N–H and O–H groups in total. The molecule has 0 saturated heterocycles. The van der Waals surface area contributed by atoms with Gasteiger partial charge in [0.15, 0.2) is 0 Å². The van der Waals surface area contributed by atoms with E-state index in [1.54, 1.807) is 119 Å². The molecule has 0 fully saturated rings. The van der Waals surface area contributed by atoms with E-state index in [1.807, 2.05) is 84.9 Å². The minimum absolute atomic E-state index is 0. The normalized spacial score (nSPS) is 10.5. The van der Waals surface area contributed by atoms with Crippen molar-refractivity contribution in [2.45, 2.75) is 142 Å². The zero-order chi connectivity index (χ0) is 103. The van der Waals surface area contributed by atoms with E-state index < -0.39 is 23.7 Å². The molecule has 0 spiro atoms. The monoisotopic (exact) mass is 2250 g/mol. The molecule has 24 nitrogen and oxygen atoms in total. The molecule has 37 heteroatoms. The van der Waals surface area contributed by atoms with E-state index in [9.17, 15) is 45.5 Å². The number of rotatable bonds is 37. The zero-order valence-corrected chi connectivity index (χ0v) is 86.8. The van der Waals surface area contributed by atoms with Crippen molar-refractivity contribution >= 4 is 125 Å². The van der Waals surface area contributed by atoms with Gasteiger partial charge in [-0.3, -0.25) is 49.1 Å². The van der Waals surface area contributed by atoms with Gasteiger partial charge in [0, 0.05) is 126 Å². The standard InChI is InChI=1S/C31H41F3N3O2.C31H17N3O4S.C27H15N3O4S.C19H19F3N3S.2CNS.2Ru/c1-3-5-7-9-11-13-20-38-27-16-15-17-28(39-21-14-12-10-8-6-4-2)30(27)24-18-19-35-25(22-24)26-23-29(37-36-26)31(32,33)34;35-18-37-22-10-12-33-27(15-22)29-17-23(38-19-36)16-28(34-29)26-14-21(9-11-32-26)6-5-20-7-8-31-25(13-20)24-3-1-2-4-30(24)39-31;31-16-33-20-8-10-29-24(13-20)26-15-21(34-17-32)14-25(30-26)23-11-18(7-9-28-23)5-6-22-12-19-3-1-2-4-27(19)35-22;1-2-3-4-5-6-13-8-10-26-18(13)14-7-9-23-15(11-14)16-12-17(25-24-16)19(20,21)22;2*2-1-3;;/h15-19,22-23H,3-14,20-21H2,1-2H3;1-4,7-19H;1-4,7-17H;7-12H,2-6H2,1H3;;;;/q-1;;;3*-1;2*+2. The van der Waals surface area contributed by atoms with Gasteiger partial charge in [-0.2, -0.15) is 36.7 Å². The molecular weight excluding hydrogens is 2150 g/mol. The number of fused-ring (bicyclic) bond motifs is 4. The van der Waals surface area contributed by atoms with E-state index in [-0.39, 0.29) is 61.8 Å². The van der Waals surface area contributed by atoms with Crippen LogP contribution in [-0.2, 0) is 76.9 Å². The first kappa shape index (κ1) is 114. The Hall–Kier alpha value is -14.6. The summed E-state index contributed by atoms with van der Waals surface area (Å²) in [5.74, 6) is 15.4.